The fourth-order valence-corrected chi connectivity index (χ4v) is 3.23. The van der Waals surface area contributed by atoms with E-state index in [9.17, 15) is 9.59 Å². The highest BCUT2D eigenvalue weighted by molar-refractivity contribution is 6.30. The van der Waals surface area contributed by atoms with Crippen LogP contribution in [0.2, 0.25) is 5.02 Å². The number of piperidine rings is 1. The number of rotatable bonds is 6. The SMILES string of the molecule is COCCC(=O)N1CCC(NC(=O)c2ccnc(-c3ccc(Cl)cc3)n2)CC1. The van der Waals surface area contributed by atoms with Crippen LogP contribution in [0.15, 0.2) is 36.5 Å². The van der Waals surface area contributed by atoms with Crippen LogP contribution in [0, 0.1) is 0 Å². The predicted octanol–water partition coefficient (Wildman–Crippen LogP) is 2.55. The number of aromatic nitrogens is 2. The third kappa shape index (κ3) is 5.27. The maximum Gasteiger partial charge on any atom is 0.270 e. The molecule has 1 aromatic carbocycles. The Labute approximate surface area is 169 Å². The van der Waals surface area contributed by atoms with Crippen LogP contribution in [-0.2, 0) is 9.53 Å². The van der Waals surface area contributed by atoms with E-state index in [1.54, 1.807) is 31.5 Å². The molecule has 28 heavy (non-hydrogen) atoms. The van der Waals surface area contributed by atoms with Gasteiger partial charge in [-0.3, -0.25) is 9.59 Å². The Morgan fingerprint density at radius 1 is 1.21 bits per heavy atom. The van der Waals surface area contributed by atoms with E-state index in [1.807, 2.05) is 17.0 Å². The van der Waals surface area contributed by atoms with Gasteiger partial charge in [0.05, 0.1) is 13.0 Å². The fraction of sp³-hybridized carbons (Fsp3) is 0.400. The van der Waals surface area contributed by atoms with Crippen molar-refractivity contribution in [1.82, 2.24) is 20.2 Å². The van der Waals surface area contributed by atoms with Crippen molar-refractivity contribution in [2.75, 3.05) is 26.8 Å². The average molecular weight is 403 g/mol. The number of amides is 2. The molecule has 1 aromatic heterocycles. The Morgan fingerprint density at radius 2 is 1.93 bits per heavy atom. The first-order valence-corrected chi connectivity index (χ1v) is 9.61. The van der Waals surface area contributed by atoms with Crippen molar-refractivity contribution in [1.29, 1.82) is 0 Å². The van der Waals surface area contributed by atoms with Gasteiger partial charge >= 0.3 is 0 Å². The summed E-state index contributed by atoms with van der Waals surface area (Å²) >= 11 is 5.91. The van der Waals surface area contributed by atoms with Crippen molar-refractivity contribution >= 4 is 23.4 Å². The van der Waals surface area contributed by atoms with Gasteiger partial charge in [-0.05, 0) is 43.2 Å². The lowest BCUT2D eigenvalue weighted by Gasteiger charge is -2.32. The van der Waals surface area contributed by atoms with E-state index in [0.29, 0.717) is 42.7 Å². The standard InChI is InChI=1S/C20H23ClN4O3/c1-28-13-9-18(26)25-11-7-16(8-12-25)23-20(27)17-6-10-22-19(24-17)14-2-4-15(21)5-3-14/h2-6,10,16H,7-9,11-13H2,1H3,(H,23,27). The zero-order chi connectivity index (χ0) is 19.9. The number of carbonyl (C=O) groups is 2. The highest BCUT2D eigenvalue weighted by atomic mass is 35.5. The van der Waals surface area contributed by atoms with E-state index in [1.165, 1.54) is 0 Å². The van der Waals surface area contributed by atoms with E-state index in [4.69, 9.17) is 16.3 Å². The molecule has 0 spiro atoms. The summed E-state index contributed by atoms with van der Waals surface area (Å²) in [6, 6.07) is 8.76. The summed E-state index contributed by atoms with van der Waals surface area (Å²) in [6.45, 7) is 1.69. The topological polar surface area (TPSA) is 84.4 Å². The zero-order valence-corrected chi connectivity index (χ0v) is 16.5. The molecular weight excluding hydrogens is 380 g/mol. The molecule has 2 heterocycles. The molecule has 1 saturated heterocycles. The van der Waals surface area contributed by atoms with Crippen LogP contribution in [0.5, 0.6) is 0 Å². The van der Waals surface area contributed by atoms with Gasteiger partial charge in [-0.15, -0.1) is 0 Å². The summed E-state index contributed by atoms with van der Waals surface area (Å²) in [6.07, 6.45) is 3.41. The van der Waals surface area contributed by atoms with Crippen LogP contribution in [0.3, 0.4) is 0 Å². The number of benzene rings is 1. The fourth-order valence-electron chi connectivity index (χ4n) is 3.10. The molecule has 1 fully saturated rings. The summed E-state index contributed by atoms with van der Waals surface area (Å²) in [7, 11) is 1.58. The van der Waals surface area contributed by atoms with E-state index < -0.39 is 0 Å². The lowest BCUT2D eigenvalue weighted by molar-refractivity contribution is -0.133. The first kappa shape index (κ1) is 20.2. The third-order valence-electron chi connectivity index (χ3n) is 4.69. The lowest BCUT2D eigenvalue weighted by atomic mass is 10.0. The van der Waals surface area contributed by atoms with Crippen LogP contribution in [-0.4, -0.2) is 59.5 Å². The molecule has 3 rings (SSSR count). The van der Waals surface area contributed by atoms with Gasteiger partial charge in [-0.2, -0.15) is 0 Å². The highest BCUT2D eigenvalue weighted by Crippen LogP contribution is 2.18. The maximum atomic E-state index is 12.6. The van der Waals surface area contributed by atoms with Crippen molar-refractivity contribution in [2.24, 2.45) is 0 Å². The number of ether oxygens (including phenoxy) is 1. The maximum absolute atomic E-state index is 12.6. The first-order valence-electron chi connectivity index (χ1n) is 9.23. The Hall–Kier alpha value is -2.51. The molecule has 1 aliphatic heterocycles. The van der Waals surface area contributed by atoms with Crippen LogP contribution >= 0.6 is 11.6 Å². The van der Waals surface area contributed by atoms with Crippen molar-refractivity contribution in [2.45, 2.75) is 25.3 Å². The molecule has 1 aliphatic rings. The van der Waals surface area contributed by atoms with Crippen LogP contribution < -0.4 is 5.32 Å². The first-order chi connectivity index (χ1) is 13.6. The van der Waals surface area contributed by atoms with Gasteiger partial charge in [0.2, 0.25) is 5.91 Å². The second kappa shape index (κ2) is 9.61. The molecule has 8 heteroatoms. The highest BCUT2D eigenvalue weighted by Gasteiger charge is 2.24. The molecule has 2 amide bonds. The van der Waals surface area contributed by atoms with E-state index in [-0.39, 0.29) is 17.9 Å². The van der Waals surface area contributed by atoms with Gasteiger partial charge < -0.3 is 15.0 Å². The summed E-state index contributed by atoms with van der Waals surface area (Å²) in [5.41, 5.74) is 1.11. The van der Waals surface area contributed by atoms with Gasteiger partial charge in [0.1, 0.15) is 5.69 Å². The number of hydrogen-bond acceptors (Lipinski definition) is 5. The molecule has 7 nitrogen and oxygen atoms in total. The molecule has 1 N–H and O–H groups in total. The number of nitrogens with one attached hydrogen (secondary N) is 1. The van der Waals surface area contributed by atoms with Gasteiger partial charge in [0.25, 0.3) is 5.91 Å². The predicted molar refractivity (Wildman–Crippen MR) is 106 cm³/mol. The van der Waals surface area contributed by atoms with Crippen LogP contribution in [0.25, 0.3) is 11.4 Å². The number of carbonyl (C=O) groups excluding carboxylic acids is 2. The molecular formula is C20H23ClN4O3. The number of methoxy groups -OCH3 is 1. The summed E-state index contributed by atoms with van der Waals surface area (Å²) in [4.78, 5) is 35.1. The largest absolute Gasteiger partial charge is 0.384 e. The monoisotopic (exact) mass is 402 g/mol. The molecule has 0 saturated carbocycles. The van der Waals surface area contributed by atoms with Crippen molar-refractivity contribution in [3.05, 3.63) is 47.2 Å². The molecule has 0 atom stereocenters. The van der Waals surface area contributed by atoms with Gasteiger partial charge in [-0.1, -0.05) is 11.6 Å². The Bertz CT molecular complexity index is 820. The number of hydrogen-bond donors (Lipinski definition) is 1. The van der Waals surface area contributed by atoms with Crippen LogP contribution in [0.1, 0.15) is 29.8 Å². The van der Waals surface area contributed by atoms with E-state index in [0.717, 1.165) is 18.4 Å². The molecule has 0 bridgehead atoms. The number of halogens is 1. The number of nitrogens with zero attached hydrogens (tertiary/aromatic N) is 3. The summed E-state index contributed by atoms with van der Waals surface area (Å²) in [5.74, 6) is 0.333. The average Bonchev–Trinajstić information content (AvgIpc) is 2.73. The minimum Gasteiger partial charge on any atom is -0.384 e. The van der Waals surface area contributed by atoms with Crippen LogP contribution in [0.4, 0.5) is 0 Å². The smallest absolute Gasteiger partial charge is 0.270 e. The Balaban J connectivity index is 1.56. The van der Waals surface area contributed by atoms with Crippen molar-refractivity contribution in [3.8, 4) is 11.4 Å². The summed E-state index contributed by atoms with van der Waals surface area (Å²) < 4.78 is 4.95. The third-order valence-corrected chi connectivity index (χ3v) is 4.95. The Kier molecular flexibility index (Phi) is 6.95. The Morgan fingerprint density at radius 3 is 2.61 bits per heavy atom. The minimum atomic E-state index is -0.234. The molecule has 2 aromatic rings. The second-order valence-electron chi connectivity index (χ2n) is 6.64. The molecule has 0 radical (unpaired) electrons. The molecule has 148 valence electrons. The molecule has 0 aliphatic carbocycles. The minimum absolute atomic E-state index is 0.0212. The second-order valence-corrected chi connectivity index (χ2v) is 7.08. The van der Waals surface area contributed by atoms with Gasteiger partial charge in [0, 0.05) is 43.0 Å². The number of likely N-dealkylation sites (tertiary alicyclic amines) is 1. The normalized spacial score (nSPS) is 14.7. The summed E-state index contributed by atoms with van der Waals surface area (Å²) in [5, 5.41) is 3.64. The van der Waals surface area contributed by atoms with Gasteiger partial charge in [-0.25, -0.2) is 9.97 Å². The lowest BCUT2D eigenvalue weighted by Crippen LogP contribution is -2.46. The quantitative estimate of drug-likeness (QED) is 0.802. The zero-order valence-electron chi connectivity index (χ0n) is 15.7. The van der Waals surface area contributed by atoms with E-state index >= 15 is 0 Å². The van der Waals surface area contributed by atoms with Gasteiger partial charge in [0.15, 0.2) is 5.82 Å². The molecule has 0 unspecified atom stereocenters. The van der Waals surface area contributed by atoms with Crippen molar-refractivity contribution < 1.29 is 14.3 Å². The van der Waals surface area contributed by atoms with E-state index in [2.05, 4.69) is 15.3 Å². The van der Waals surface area contributed by atoms with Crippen molar-refractivity contribution in [3.63, 3.8) is 0 Å².